The molecule has 0 saturated heterocycles. The summed E-state index contributed by atoms with van der Waals surface area (Å²) in [5.74, 6) is -0.108. The van der Waals surface area contributed by atoms with Crippen molar-refractivity contribution in [1.82, 2.24) is 0 Å². The van der Waals surface area contributed by atoms with E-state index in [0.717, 1.165) is 7.11 Å². The molecule has 6 heteroatoms. The van der Waals surface area contributed by atoms with Crippen molar-refractivity contribution in [2.75, 3.05) is 19.4 Å². The first-order chi connectivity index (χ1) is 3.62. The van der Waals surface area contributed by atoms with E-state index in [1.807, 2.05) is 0 Å². The Hall–Kier alpha value is 1.51. The molecular weight excluding hydrogens is 169 g/mol. The van der Waals surface area contributed by atoms with Gasteiger partial charge in [0.15, 0.2) is 0 Å². The van der Waals surface area contributed by atoms with E-state index in [0.29, 0.717) is 0 Å². The van der Waals surface area contributed by atoms with Crippen LogP contribution in [0.5, 0.6) is 0 Å². The van der Waals surface area contributed by atoms with Gasteiger partial charge < -0.3 is 5.73 Å². The van der Waals surface area contributed by atoms with Gasteiger partial charge in [-0.25, -0.2) is 0 Å². The van der Waals surface area contributed by atoms with Crippen molar-refractivity contribution >= 4 is 61.5 Å². The Kier molecular flexibility index (Phi) is 9.09. The maximum atomic E-state index is 10.3. The maximum Gasteiger partial charge on any atom is 0.268 e. The summed E-state index contributed by atoms with van der Waals surface area (Å²) in [6, 6.07) is 0. The average Bonchev–Trinajstić information content (AvgIpc) is 1.67. The van der Waals surface area contributed by atoms with Crippen molar-refractivity contribution in [1.29, 1.82) is 0 Å². The molecule has 0 rings (SSSR count). The topological polar surface area (TPSA) is 69.4 Å². The summed E-state index contributed by atoms with van der Waals surface area (Å²) < 4.78 is 24.7. The largest absolute Gasteiger partial charge is 0.329 e. The first-order valence-electron chi connectivity index (χ1n) is 2.11. The fourth-order valence-corrected chi connectivity index (χ4v) is 0.683. The van der Waals surface area contributed by atoms with Gasteiger partial charge in [-0.2, -0.15) is 8.42 Å². The minimum Gasteiger partial charge on any atom is -0.329 e. The van der Waals surface area contributed by atoms with Crippen molar-refractivity contribution in [3.8, 4) is 0 Å². The Morgan fingerprint density at radius 2 is 2.00 bits per heavy atom. The van der Waals surface area contributed by atoms with E-state index >= 15 is 0 Å². The third-order valence-corrected chi connectivity index (χ3v) is 1.87. The molecule has 0 aliphatic heterocycles. The van der Waals surface area contributed by atoms with Crippen molar-refractivity contribution in [3.63, 3.8) is 0 Å². The van der Waals surface area contributed by atoms with E-state index in [1.54, 1.807) is 0 Å². The van der Waals surface area contributed by atoms with Crippen molar-refractivity contribution < 1.29 is 12.6 Å². The van der Waals surface area contributed by atoms with Gasteiger partial charge in [0.25, 0.3) is 10.1 Å². The molecule has 0 atom stereocenters. The molecule has 1 radical (unpaired) electrons. The zero-order valence-electron chi connectivity index (χ0n) is 5.62. The molecular formula is C3H9KNO3S. The summed E-state index contributed by atoms with van der Waals surface area (Å²) in [6.07, 6.45) is 0. The van der Waals surface area contributed by atoms with Crippen LogP contribution in [0.4, 0.5) is 0 Å². The van der Waals surface area contributed by atoms with E-state index in [-0.39, 0.29) is 63.7 Å². The number of nitrogens with two attached hydrogens (primary N) is 1. The normalized spacial score (nSPS) is 10.4. The Morgan fingerprint density at radius 1 is 1.56 bits per heavy atom. The van der Waals surface area contributed by atoms with Crippen molar-refractivity contribution in [2.45, 2.75) is 0 Å². The molecule has 0 fully saturated rings. The van der Waals surface area contributed by atoms with E-state index in [2.05, 4.69) is 4.18 Å². The molecule has 0 spiro atoms. The van der Waals surface area contributed by atoms with Crippen molar-refractivity contribution in [3.05, 3.63) is 0 Å². The number of hydrogen-bond acceptors (Lipinski definition) is 4. The second-order valence-electron chi connectivity index (χ2n) is 1.22. The van der Waals surface area contributed by atoms with Crippen LogP contribution in [0.3, 0.4) is 0 Å². The van der Waals surface area contributed by atoms with Gasteiger partial charge in [0.1, 0.15) is 0 Å². The van der Waals surface area contributed by atoms with Crippen LogP contribution >= 0.6 is 0 Å². The van der Waals surface area contributed by atoms with Gasteiger partial charge in [0.2, 0.25) is 0 Å². The second-order valence-corrected chi connectivity index (χ2v) is 3.07. The molecule has 9 heavy (non-hydrogen) atoms. The summed E-state index contributed by atoms with van der Waals surface area (Å²) in [4.78, 5) is 0. The van der Waals surface area contributed by atoms with Gasteiger partial charge in [-0.15, -0.1) is 0 Å². The van der Waals surface area contributed by atoms with Crippen LogP contribution in [0.1, 0.15) is 0 Å². The zero-order valence-corrected chi connectivity index (χ0v) is 9.56. The maximum absolute atomic E-state index is 10.3. The Morgan fingerprint density at radius 3 is 2.11 bits per heavy atom. The molecule has 0 aromatic heterocycles. The monoisotopic (exact) mass is 178 g/mol. The summed E-state index contributed by atoms with van der Waals surface area (Å²) in [6.45, 7) is 0.107. The molecule has 0 heterocycles. The summed E-state index contributed by atoms with van der Waals surface area (Å²) in [5.41, 5.74) is 4.93. The summed E-state index contributed by atoms with van der Waals surface area (Å²) in [7, 11) is -2.18. The standard InChI is InChI=1S/C3H9NO3S.K/c1-7-8(5,6)3-2-4;/h2-4H2,1H3;. The van der Waals surface area contributed by atoms with Gasteiger partial charge in [-0.1, -0.05) is 0 Å². The molecule has 0 aliphatic carbocycles. The third-order valence-electron chi connectivity index (χ3n) is 0.622. The molecule has 0 unspecified atom stereocenters. The van der Waals surface area contributed by atoms with Gasteiger partial charge in [0.05, 0.1) is 12.9 Å². The van der Waals surface area contributed by atoms with Gasteiger partial charge in [0, 0.05) is 57.9 Å². The fraction of sp³-hybridized carbons (Fsp3) is 1.00. The van der Waals surface area contributed by atoms with Crippen LogP contribution in [0.2, 0.25) is 0 Å². The van der Waals surface area contributed by atoms with E-state index < -0.39 is 10.1 Å². The SMILES string of the molecule is COS(=O)(=O)CCN.[K]. The van der Waals surface area contributed by atoms with Crippen LogP contribution in [0.25, 0.3) is 0 Å². The van der Waals surface area contributed by atoms with E-state index in [9.17, 15) is 8.42 Å². The van der Waals surface area contributed by atoms with Crippen LogP contribution in [-0.2, 0) is 14.3 Å². The number of rotatable bonds is 3. The molecule has 2 N–H and O–H groups in total. The predicted molar refractivity (Wildman–Crippen MR) is 35.6 cm³/mol. The minimum atomic E-state index is -3.29. The summed E-state index contributed by atoms with van der Waals surface area (Å²) >= 11 is 0. The van der Waals surface area contributed by atoms with Gasteiger partial charge >= 0.3 is 0 Å². The Labute approximate surface area is 97.7 Å². The molecule has 0 aromatic rings. The van der Waals surface area contributed by atoms with E-state index in [4.69, 9.17) is 5.73 Å². The van der Waals surface area contributed by atoms with Crippen LogP contribution in [-0.4, -0.2) is 79.2 Å². The molecule has 4 nitrogen and oxygen atoms in total. The van der Waals surface area contributed by atoms with Crippen LogP contribution in [0, 0.1) is 0 Å². The molecule has 51 valence electrons. The van der Waals surface area contributed by atoms with E-state index in [1.165, 1.54) is 0 Å². The fourth-order valence-electron chi connectivity index (χ4n) is 0.228. The molecule has 0 bridgehead atoms. The second kappa shape index (κ2) is 6.23. The molecule has 0 aliphatic rings. The summed E-state index contributed by atoms with van der Waals surface area (Å²) in [5, 5.41) is 0. The third kappa shape index (κ3) is 7.40. The molecule has 0 aromatic carbocycles. The zero-order chi connectivity index (χ0) is 6.62. The smallest absolute Gasteiger partial charge is 0.268 e. The first kappa shape index (κ1) is 13.1. The first-order valence-corrected chi connectivity index (χ1v) is 3.68. The number of hydrogen-bond donors (Lipinski definition) is 1. The average molecular weight is 178 g/mol. The van der Waals surface area contributed by atoms with Gasteiger partial charge in [-0.05, 0) is 0 Å². The Balaban J connectivity index is 0. The van der Waals surface area contributed by atoms with Gasteiger partial charge in [-0.3, -0.25) is 4.18 Å². The predicted octanol–water partition coefficient (Wildman–Crippen LogP) is -1.46. The van der Waals surface area contributed by atoms with Crippen LogP contribution in [0.15, 0.2) is 0 Å². The molecule has 0 saturated carbocycles. The van der Waals surface area contributed by atoms with Crippen molar-refractivity contribution in [2.24, 2.45) is 5.73 Å². The minimum absolute atomic E-state index is 0. The van der Waals surface area contributed by atoms with Crippen LogP contribution < -0.4 is 5.73 Å². The quantitative estimate of drug-likeness (QED) is 0.423. The molecule has 0 amide bonds. The Bertz CT molecular complexity index is 143.